The minimum atomic E-state index is -0.123. The van der Waals surface area contributed by atoms with Crippen LogP contribution in [0, 0.1) is 5.92 Å². The van der Waals surface area contributed by atoms with E-state index in [0.29, 0.717) is 12.1 Å². The van der Waals surface area contributed by atoms with E-state index in [0.717, 1.165) is 12.8 Å². The van der Waals surface area contributed by atoms with E-state index in [1.54, 1.807) is 0 Å². The van der Waals surface area contributed by atoms with Gasteiger partial charge in [0.15, 0.2) is 0 Å². The van der Waals surface area contributed by atoms with E-state index in [4.69, 9.17) is 5.11 Å². The van der Waals surface area contributed by atoms with Crippen molar-refractivity contribution in [2.24, 2.45) is 5.92 Å². The van der Waals surface area contributed by atoms with Gasteiger partial charge in [-0.05, 0) is 26.2 Å². The maximum atomic E-state index is 11.7. The van der Waals surface area contributed by atoms with Crippen LogP contribution in [0.3, 0.4) is 0 Å². The molecular formula is C10H18N2O2. The van der Waals surface area contributed by atoms with Gasteiger partial charge in [0.25, 0.3) is 0 Å². The third-order valence-corrected chi connectivity index (χ3v) is 3.30. The molecule has 3 N–H and O–H groups in total. The quantitative estimate of drug-likeness (QED) is 0.579. The van der Waals surface area contributed by atoms with Crippen LogP contribution in [0.4, 0.5) is 0 Å². The van der Waals surface area contributed by atoms with Gasteiger partial charge in [-0.1, -0.05) is 0 Å². The molecule has 2 bridgehead atoms. The second-order valence-corrected chi connectivity index (χ2v) is 4.48. The summed E-state index contributed by atoms with van der Waals surface area (Å²) in [4.78, 5) is 11.7. The second kappa shape index (κ2) is 3.87. The highest BCUT2D eigenvalue weighted by Gasteiger charge is 2.42. The summed E-state index contributed by atoms with van der Waals surface area (Å²) in [7, 11) is 0. The SMILES string of the molecule is C[C@@H](CO)NC(=O)C1CC2CCC1N2. The first-order valence-corrected chi connectivity index (χ1v) is 5.38. The summed E-state index contributed by atoms with van der Waals surface area (Å²) in [5.41, 5.74) is 0. The van der Waals surface area contributed by atoms with Gasteiger partial charge in [0.1, 0.15) is 0 Å². The number of fused-ring (bicyclic) bond motifs is 2. The molecule has 0 saturated carbocycles. The first-order valence-electron chi connectivity index (χ1n) is 5.38. The Labute approximate surface area is 84.1 Å². The maximum absolute atomic E-state index is 11.7. The lowest BCUT2D eigenvalue weighted by molar-refractivity contribution is -0.126. The van der Waals surface area contributed by atoms with Gasteiger partial charge in [-0.15, -0.1) is 0 Å². The molecular weight excluding hydrogens is 180 g/mol. The van der Waals surface area contributed by atoms with Crippen LogP contribution < -0.4 is 10.6 Å². The van der Waals surface area contributed by atoms with Gasteiger partial charge in [-0.2, -0.15) is 0 Å². The van der Waals surface area contributed by atoms with Crippen molar-refractivity contribution in [2.45, 2.75) is 44.3 Å². The zero-order valence-electron chi connectivity index (χ0n) is 8.49. The lowest BCUT2D eigenvalue weighted by atomic mass is 9.88. The summed E-state index contributed by atoms with van der Waals surface area (Å²) >= 11 is 0. The Morgan fingerprint density at radius 2 is 2.43 bits per heavy atom. The van der Waals surface area contributed by atoms with E-state index in [1.807, 2.05) is 6.92 Å². The predicted octanol–water partition coefficient (Wildman–Crippen LogP) is -0.376. The van der Waals surface area contributed by atoms with Crippen molar-refractivity contribution in [3.05, 3.63) is 0 Å². The highest BCUT2D eigenvalue weighted by atomic mass is 16.3. The van der Waals surface area contributed by atoms with Crippen LogP contribution >= 0.6 is 0 Å². The van der Waals surface area contributed by atoms with Crippen LogP contribution in [0.15, 0.2) is 0 Å². The van der Waals surface area contributed by atoms with Crippen LogP contribution in [-0.4, -0.2) is 35.7 Å². The summed E-state index contributed by atoms with van der Waals surface area (Å²) in [6, 6.07) is 0.813. The molecule has 0 aliphatic carbocycles. The Kier molecular flexibility index (Phi) is 2.74. The maximum Gasteiger partial charge on any atom is 0.225 e. The summed E-state index contributed by atoms with van der Waals surface area (Å²) in [6.07, 6.45) is 3.30. The molecule has 4 nitrogen and oxygen atoms in total. The molecule has 2 saturated heterocycles. The van der Waals surface area contributed by atoms with E-state index >= 15 is 0 Å². The predicted molar refractivity (Wildman–Crippen MR) is 52.7 cm³/mol. The number of amides is 1. The molecule has 3 unspecified atom stereocenters. The molecule has 14 heavy (non-hydrogen) atoms. The van der Waals surface area contributed by atoms with Crippen molar-refractivity contribution in [2.75, 3.05) is 6.61 Å². The average Bonchev–Trinajstić information content (AvgIpc) is 2.78. The van der Waals surface area contributed by atoms with Crippen molar-refractivity contribution in [1.82, 2.24) is 10.6 Å². The van der Waals surface area contributed by atoms with E-state index in [9.17, 15) is 4.79 Å². The van der Waals surface area contributed by atoms with Gasteiger partial charge in [-0.25, -0.2) is 0 Å². The van der Waals surface area contributed by atoms with Crippen LogP contribution in [0.2, 0.25) is 0 Å². The molecule has 0 aromatic rings. The fraction of sp³-hybridized carbons (Fsp3) is 0.900. The molecule has 0 aromatic carbocycles. The Bertz CT molecular complexity index is 232. The lowest BCUT2D eigenvalue weighted by Gasteiger charge is -2.21. The second-order valence-electron chi connectivity index (χ2n) is 4.48. The Morgan fingerprint density at radius 3 is 2.93 bits per heavy atom. The largest absolute Gasteiger partial charge is 0.394 e. The molecule has 2 heterocycles. The number of aliphatic hydroxyl groups is 1. The van der Waals surface area contributed by atoms with E-state index in [1.165, 1.54) is 6.42 Å². The molecule has 0 aromatic heterocycles. The van der Waals surface area contributed by atoms with E-state index in [-0.39, 0.29) is 24.5 Å². The molecule has 2 aliphatic rings. The smallest absolute Gasteiger partial charge is 0.225 e. The fourth-order valence-electron chi connectivity index (χ4n) is 2.51. The average molecular weight is 198 g/mol. The summed E-state index contributed by atoms with van der Waals surface area (Å²) in [5, 5.41) is 15.1. The Morgan fingerprint density at radius 1 is 1.64 bits per heavy atom. The lowest BCUT2D eigenvalue weighted by Crippen LogP contribution is -2.42. The standard InChI is InChI=1S/C10H18N2O2/c1-6(5-13)11-10(14)8-4-7-2-3-9(8)12-7/h6-9,12-13H,2-5H2,1H3,(H,11,14)/t6-,7?,8?,9?/m0/s1. The number of carbonyl (C=O) groups excluding carboxylic acids is 1. The van der Waals surface area contributed by atoms with Crippen molar-refractivity contribution >= 4 is 5.91 Å². The third-order valence-electron chi connectivity index (χ3n) is 3.30. The molecule has 4 atom stereocenters. The van der Waals surface area contributed by atoms with Crippen molar-refractivity contribution in [1.29, 1.82) is 0 Å². The van der Waals surface area contributed by atoms with Gasteiger partial charge in [0, 0.05) is 18.1 Å². The molecule has 2 rings (SSSR count). The number of aliphatic hydroxyl groups excluding tert-OH is 1. The van der Waals surface area contributed by atoms with Gasteiger partial charge >= 0.3 is 0 Å². The first kappa shape index (κ1) is 9.93. The molecule has 0 radical (unpaired) electrons. The minimum absolute atomic E-state index is 0.0139. The van der Waals surface area contributed by atoms with Crippen molar-refractivity contribution in [3.8, 4) is 0 Å². The normalized spacial score (nSPS) is 37.1. The van der Waals surface area contributed by atoms with Crippen LogP contribution in [0.5, 0.6) is 0 Å². The number of hydrogen-bond donors (Lipinski definition) is 3. The number of hydrogen-bond acceptors (Lipinski definition) is 3. The van der Waals surface area contributed by atoms with Gasteiger partial charge in [0.05, 0.1) is 12.5 Å². The van der Waals surface area contributed by atoms with E-state index < -0.39 is 0 Å². The van der Waals surface area contributed by atoms with Crippen molar-refractivity contribution < 1.29 is 9.90 Å². The minimum Gasteiger partial charge on any atom is -0.394 e. The Hall–Kier alpha value is -0.610. The zero-order valence-corrected chi connectivity index (χ0v) is 8.49. The molecule has 1 amide bonds. The topological polar surface area (TPSA) is 61.4 Å². The summed E-state index contributed by atoms with van der Waals surface area (Å²) < 4.78 is 0. The van der Waals surface area contributed by atoms with Crippen LogP contribution in [0.1, 0.15) is 26.2 Å². The number of rotatable bonds is 3. The van der Waals surface area contributed by atoms with Crippen LogP contribution in [0.25, 0.3) is 0 Å². The summed E-state index contributed by atoms with van der Waals surface area (Å²) in [5.74, 6) is 0.231. The van der Waals surface area contributed by atoms with E-state index in [2.05, 4.69) is 10.6 Å². The van der Waals surface area contributed by atoms with Crippen molar-refractivity contribution in [3.63, 3.8) is 0 Å². The molecule has 4 heteroatoms. The monoisotopic (exact) mass is 198 g/mol. The first-order chi connectivity index (χ1) is 6.70. The third kappa shape index (κ3) is 1.77. The number of nitrogens with one attached hydrogen (secondary N) is 2. The van der Waals surface area contributed by atoms with Gasteiger partial charge in [0.2, 0.25) is 5.91 Å². The highest BCUT2D eigenvalue weighted by Crippen LogP contribution is 2.33. The van der Waals surface area contributed by atoms with Gasteiger partial charge < -0.3 is 15.7 Å². The zero-order chi connectivity index (χ0) is 10.1. The summed E-state index contributed by atoms with van der Waals surface area (Å²) in [6.45, 7) is 1.83. The van der Waals surface area contributed by atoms with Gasteiger partial charge in [-0.3, -0.25) is 4.79 Å². The molecule has 80 valence electrons. The fourth-order valence-corrected chi connectivity index (χ4v) is 2.51. The molecule has 0 spiro atoms. The Balaban J connectivity index is 1.87. The highest BCUT2D eigenvalue weighted by molar-refractivity contribution is 5.80. The number of carbonyl (C=O) groups is 1. The van der Waals surface area contributed by atoms with Crippen LogP contribution in [-0.2, 0) is 4.79 Å². The molecule has 2 aliphatic heterocycles. The molecule has 2 fully saturated rings.